The molecule has 0 saturated carbocycles. The molecule has 1 heterocycles. The Morgan fingerprint density at radius 1 is 1.22 bits per heavy atom. The lowest BCUT2D eigenvalue weighted by molar-refractivity contribution is -0.140. The van der Waals surface area contributed by atoms with E-state index in [1.54, 1.807) is 26.0 Å². The Bertz CT molecular complexity index is 587. The van der Waals surface area contributed by atoms with Crippen LogP contribution >= 0.6 is 11.6 Å². The number of aromatic nitrogens is 2. The standard InChI is InChI=1S/C12H10ClF3N2/c1-6-3-4-8(13)5-9(6)10-7(2)17-18-11(10)12(14,15)16/h3-5H,1-2H3,(H,17,18). The topological polar surface area (TPSA) is 28.7 Å². The molecule has 1 N–H and O–H groups in total. The number of nitrogens with one attached hydrogen (secondary N) is 1. The first-order valence-electron chi connectivity index (χ1n) is 5.19. The Balaban J connectivity index is 2.71. The third-order valence-corrected chi connectivity index (χ3v) is 2.92. The summed E-state index contributed by atoms with van der Waals surface area (Å²) in [7, 11) is 0. The van der Waals surface area contributed by atoms with Crippen molar-refractivity contribution in [2.45, 2.75) is 20.0 Å². The average molecular weight is 275 g/mol. The highest BCUT2D eigenvalue weighted by Crippen LogP contribution is 2.39. The SMILES string of the molecule is Cc1ccc(Cl)cc1-c1c(C(F)(F)F)n[nH]c1C. The van der Waals surface area contributed by atoms with Crippen LogP contribution in [0.3, 0.4) is 0 Å². The summed E-state index contributed by atoms with van der Waals surface area (Å²) in [5, 5.41) is 6.11. The Kier molecular flexibility index (Phi) is 3.11. The minimum Gasteiger partial charge on any atom is -0.282 e. The maximum absolute atomic E-state index is 12.9. The Labute approximate surface area is 107 Å². The first-order chi connectivity index (χ1) is 8.30. The lowest BCUT2D eigenvalue weighted by atomic mass is 9.98. The van der Waals surface area contributed by atoms with Crippen molar-refractivity contribution < 1.29 is 13.2 Å². The van der Waals surface area contributed by atoms with Gasteiger partial charge in [-0.3, -0.25) is 5.10 Å². The summed E-state index contributed by atoms with van der Waals surface area (Å²) in [5.41, 5.74) is 0.677. The molecule has 0 unspecified atom stereocenters. The van der Waals surface area contributed by atoms with E-state index >= 15 is 0 Å². The summed E-state index contributed by atoms with van der Waals surface area (Å²) in [6.07, 6.45) is -4.49. The van der Waals surface area contributed by atoms with Crippen LogP contribution in [0.2, 0.25) is 5.02 Å². The molecule has 6 heteroatoms. The van der Waals surface area contributed by atoms with Crippen LogP contribution in [-0.2, 0) is 6.18 Å². The normalized spacial score (nSPS) is 11.9. The smallest absolute Gasteiger partial charge is 0.282 e. The van der Waals surface area contributed by atoms with Crippen molar-refractivity contribution in [1.29, 1.82) is 0 Å². The number of rotatable bonds is 1. The molecule has 0 aliphatic heterocycles. The molecule has 18 heavy (non-hydrogen) atoms. The Hall–Kier alpha value is -1.49. The summed E-state index contributed by atoms with van der Waals surface area (Å²) in [6, 6.07) is 4.84. The zero-order valence-corrected chi connectivity index (χ0v) is 10.4. The molecule has 0 saturated heterocycles. The Morgan fingerprint density at radius 2 is 1.89 bits per heavy atom. The second kappa shape index (κ2) is 4.31. The summed E-state index contributed by atoms with van der Waals surface area (Å²) in [4.78, 5) is 0. The zero-order chi connectivity index (χ0) is 13.5. The number of hydrogen-bond acceptors (Lipinski definition) is 1. The first-order valence-corrected chi connectivity index (χ1v) is 5.57. The van der Waals surface area contributed by atoms with Crippen molar-refractivity contribution >= 4 is 11.6 Å². The van der Waals surface area contributed by atoms with E-state index in [-0.39, 0.29) is 5.56 Å². The van der Waals surface area contributed by atoms with Gasteiger partial charge in [-0.1, -0.05) is 17.7 Å². The van der Waals surface area contributed by atoms with Crippen LogP contribution < -0.4 is 0 Å². The van der Waals surface area contributed by atoms with Gasteiger partial charge in [0.1, 0.15) is 0 Å². The van der Waals surface area contributed by atoms with Gasteiger partial charge in [-0.25, -0.2) is 0 Å². The highest BCUT2D eigenvalue weighted by atomic mass is 35.5. The highest BCUT2D eigenvalue weighted by molar-refractivity contribution is 6.30. The second-order valence-corrected chi connectivity index (χ2v) is 4.47. The van der Waals surface area contributed by atoms with Gasteiger partial charge in [-0.05, 0) is 37.1 Å². The number of H-pyrrole nitrogens is 1. The van der Waals surface area contributed by atoms with Gasteiger partial charge in [0.2, 0.25) is 0 Å². The highest BCUT2D eigenvalue weighted by Gasteiger charge is 2.38. The van der Waals surface area contributed by atoms with Gasteiger partial charge >= 0.3 is 6.18 Å². The summed E-state index contributed by atoms with van der Waals surface area (Å²) >= 11 is 5.84. The summed E-state index contributed by atoms with van der Waals surface area (Å²) in [5.74, 6) is 0. The van der Waals surface area contributed by atoms with Gasteiger partial charge in [-0.15, -0.1) is 0 Å². The molecule has 2 nitrogen and oxygen atoms in total. The largest absolute Gasteiger partial charge is 0.435 e. The van der Waals surface area contributed by atoms with E-state index in [0.717, 1.165) is 5.56 Å². The maximum atomic E-state index is 12.9. The van der Waals surface area contributed by atoms with E-state index in [4.69, 9.17) is 11.6 Å². The molecular weight excluding hydrogens is 265 g/mol. The van der Waals surface area contributed by atoms with Crippen LogP contribution in [0.1, 0.15) is 17.0 Å². The summed E-state index contributed by atoms with van der Waals surface area (Å²) in [6.45, 7) is 3.29. The molecule has 0 amide bonds. The molecule has 1 aromatic carbocycles. The molecular formula is C12H10ClF3N2. The van der Waals surface area contributed by atoms with Crippen molar-refractivity contribution in [1.82, 2.24) is 10.2 Å². The molecule has 0 aliphatic carbocycles. The molecule has 2 aromatic rings. The molecule has 0 aliphatic rings. The van der Waals surface area contributed by atoms with Crippen LogP contribution in [0.4, 0.5) is 13.2 Å². The van der Waals surface area contributed by atoms with Gasteiger partial charge in [0.15, 0.2) is 5.69 Å². The van der Waals surface area contributed by atoms with Crippen LogP contribution in [0, 0.1) is 13.8 Å². The van der Waals surface area contributed by atoms with Crippen LogP contribution in [-0.4, -0.2) is 10.2 Å². The monoisotopic (exact) mass is 274 g/mol. The van der Waals surface area contributed by atoms with E-state index in [1.165, 1.54) is 6.07 Å². The molecule has 96 valence electrons. The predicted molar refractivity (Wildman–Crippen MR) is 63.5 cm³/mol. The van der Waals surface area contributed by atoms with E-state index < -0.39 is 11.9 Å². The van der Waals surface area contributed by atoms with Crippen molar-refractivity contribution in [3.05, 3.63) is 40.2 Å². The molecule has 0 bridgehead atoms. The molecule has 0 radical (unpaired) electrons. The quantitative estimate of drug-likeness (QED) is 0.822. The van der Waals surface area contributed by atoms with Gasteiger partial charge in [0.25, 0.3) is 0 Å². The van der Waals surface area contributed by atoms with E-state index in [9.17, 15) is 13.2 Å². The van der Waals surface area contributed by atoms with Gasteiger partial charge in [-0.2, -0.15) is 18.3 Å². The fourth-order valence-electron chi connectivity index (χ4n) is 1.83. The zero-order valence-electron chi connectivity index (χ0n) is 9.69. The van der Waals surface area contributed by atoms with Gasteiger partial charge < -0.3 is 0 Å². The number of nitrogens with zero attached hydrogens (tertiary/aromatic N) is 1. The van der Waals surface area contributed by atoms with Crippen molar-refractivity contribution in [3.63, 3.8) is 0 Å². The first kappa shape index (κ1) is 13.0. The van der Waals surface area contributed by atoms with Gasteiger partial charge in [0.05, 0.1) is 0 Å². The summed E-state index contributed by atoms with van der Waals surface area (Å²) < 4.78 is 38.6. The second-order valence-electron chi connectivity index (χ2n) is 4.03. The van der Waals surface area contributed by atoms with Crippen molar-refractivity contribution in [3.8, 4) is 11.1 Å². The van der Waals surface area contributed by atoms with Crippen LogP contribution in [0.25, 0.3) is 11.1 Å². The van der Waals surface area contributed by atoms with E-state index in [1.807, 2.05) is 0 Å². The fraction of sp³-hybridized carbons (Fsp3) is 0.250. The molecule has 2 rings (SSSR count). The van der Waals surface area contributed by atoms with Crippen LogP contribution in [0.15, 0.2) is 18.2 Å². The van der Waals surface area contributed by atoms with Crippen molar-refractivity contribution in [2.75, 3.05) is 0 Å². The van der Waals surface area contributed by atoms with Crippen LogP contribution in [0.5, 0.6) is 0 Å². The molecule has 0 atom stereocenters. The number of hydrogen-bond donors (Lipinski definition) is 1. The Morgan fingerprint density at radius 3 is 2.50 bits per heavy atom. The van der Waals surface area contributed by atoms with Crippen molar-refractivity contribution in [2.24, 2.45) is 0 Å². The minimum absolute atomic E-state index is 0.0579. The lowest BCUT2D eigenvalue weighted by Crippen LogP contribution is -2.07. The van der Waals surface area contributed by atoms with E-state index in [0.29, 0.717) is 16.3 Å². The lowest BCUT2D eigenvalue weighted by Gasteiger charge is -2.10. The predicted octanol–water partition coefficient (Wildman–Crippen LogP) is 4.37. The van der Waals surface area contributed by atoms with E-state index in [2.05, 4.69) is 10.2 Å². The number of halogens is 4. The maximum Gasteiger partial charge on any atom is 0.435 e. The number of aromatic amines is 1. The third-order valence-electron chi connectivity index (χ3n) is 2.68. The average Bonchev–Trinajstić information content (AvgIpc) is 2.63. The molecule has 0 spiro atoms. The third kappa shape index (κ3) is 2.22. The minimum atomic E-state index is -4.49. The number of benzene rings is 1. The molecule has 1 aromatic heterocycles. The fourth-order valence-corrected chi connectivity index (χ4v) is 2.00. The van der Waals surface area contributed by atoms with Gasteiger partial charge in [0, 0.05) is 16.3 Å². The number of aryl methyl sites for hydroxylation is 2. The number of alkyl halides is 3. The molecule has 0 fully saturated rings.